The van der Waals surface area contributed by atoms with Crippen molar-refractivity contribution in [3.63, 3.8) is 0 Å². The predicted octanol–water partition coefficient (Wildman–Crippen LogP) is 3.12. The number of alkyl halides is 3. The molecule has 0 bridgehead atoms. The highest BCUT2D eigenvalue weighted by Gasteiger charge is 2.38. The van der Waals surface area contributed by atoms with Gasteiger partial charge < -0.3 is 9.09 Å². The van der Waals surface area contributed by atoms with Crippen LogP contribution in [0.25, 0.3) is 11.4 Å². The summed E-state index contributed by atoms with van der Waals surface area (Å²) in [7, 11) is 0. The standard InChI is InChI=1S/C16H7F5N4O2/c17-12-9(7-25-6-8(5-22)1-4-11(25)26)2-3-10(13(12)18)14-23-15(27-24-14)16(19,20)21/h1-4,6H,7H2. The van der Waals surface area contributed by atoms with Crippen LogP contribution in [0.2, 0.25) is 0 Å². The van der Waals surface area contributed by atoms with Crippen LogP contribution in [0, 0.1) is 23.0 Å². The van der Waals surface area contributed by atoms with Crippen LogP contribution >= 0.6 is 0 Å². The molecular weight excluding hydrogens is 375 g/mol. The summed E-state index contributed by atoms with van der Waals surface area (Å²) in [5.41, 5.74) is -1.30. The molecular formula is C16H7F5N4O2. The van der Waals surface area contributed by atoms with Crippen molar-refractivity contribution in [2.24, 2.45) is 0 Å². The molecule has 11 heteroatoms. The van der Waals surface area contributed by atoms with Gasteiger partial charge in [0.15, 0.2) is 11.6 Å². The SMILES string of the molecule is N#Cc1ccc(=O)n(Cc2ccc(-c3noc(C(F)(F)F)n3)c(F)c2F)c1. The molecule has 0 aliphatic heterocycles. The van der Waals surface area contributed by atoms with Gasteiger partial charge in [-0.2, -0.15) is 23.4 Å². The zero-order chi connectivity index (χ0) is 19.8. The minimum absolute atomic E-state index is 0.138. The quantitative estimate of drug-likeness (QED) is 0.650. The maximum Gasteiger partial charge on any atom is 0.471 e. The molecule has 2 heterocycles. The second-order valence-electron chi connectivity index (χ2n) is 5.32. The molecule has 0 atom stereocenters. The number of aromatic nitrogens is 3. The largest absolute Gasteiger partial charge is 0.471 e. The molecule has 0 unspecified atom stereocenters. The van der Waals surface area contributed by atoms with Crippen molar-refractivity contribution >= 4 is 0 Å². The minimum atomic E-state index is -4.92. The Morgan fingerprint density at radius 3 is 2.52 bits per heavy atom. The molecule has 0 fully saturated rings. The first-order valence-electron chi connectivity index (χ1n) is 7.19. The van der Waals surface area contributed by atoms with Gasteiger partial charge in [0.1, 0.15) is 6.07 Å². The third-order valence-electron chi connectivity index (χ3n) is 3.52. The maximum atomic E-state index is 14.3. The van der Waals surface area contributed by atoms with Gasteiger partial charge in [0.25, 0.3) is 5.56 Å². The third-order valence-corrected chi connectivity index (χ3v) is 3.52. The number of hydrogen-bond donors (Lipinski definition) is 0. The van der Waals surface area contributed by atoms with E-state index in [4.69, 9.17) is 5.26 Å². The zero-order valence-corrected chi connectivity index (χ0v) is 13.1. The lowest BCUT2D eigenvalue weighted by Crippen LogP contribution is -2.20. The van der Waals surface area contributed by atoms with E-state index in [1.54, 1.807) is 6.07 Å². The molecule has 1 aromatic carbocycles. The predicted molar refractivity (Wildman–Crippen MR) is 79.2 cm³/mol. The average Bonchev–Trinajstić information content (AvgIpc) is 3.11. The van der Waals surface area contributed by atoms with Gasteiger partial charge in [-0.15, -0.1) is 0 Å². The first kappa shape index (κ1) is 18.2. The highest BCUT2D eigenvalue weighted by Crippen LogP contribution is 2.31. The molecule has 0 N–H and O–H groups in total. The van der Waals surface area contributed by atoms with Crippen LogP contribution in [-0.2, 0) is 12.7 Å². The summed E-state index contributed by atoms with van der Waals surface area (Å²) in [5, 5.41) is 11.8. The Labute approximate surface area is 147 Å². The topological polar surface area (TPSA) is 84.7 Å². The molecule has 0 aliphatic carbocycles. The van der Waals surface area contributed by atoms with E-state index < -0.39 is 47.2 Å². The van der Waals surface area contributed by atoms with Crippen LogP contribution in [0.15, 0.2) is 39.8 Å². The van der Waals surface area contributed by atoms with E-state index in [0.717, 1.165) is 22.8 Å². The summed E-state index contributed by atoms with van der Waals surface area (Å²) in [4.78, 5) is 14.8. The molecule has 27 heavy (non-hydrogen) atoms. The lowest BCUT2D eigenvalue weighted by atomic mass is 10.1. The van der Waals surface area contributed by atoms with E-state index in [-0.39, 0.29) is 11.1 Å². The number of benzene rings is 1. The highest BCUT2D eigenvalue weighted by atomic mass is 19.4. The number of hydrogen-bond acceptors (Lipinski definition) is 5. The van der Waals surface area contributed by atoms with Gasteiger partial charge in [-0.1, -0.05) is 11.2 Å². The van der Waals surface area contributed by atoms with Crippen LogP contribution < -0.4 is 5.56 Å². The molecule has 0 aliphatic rings. The molecule has 0 radical (unpaired) electrons. The lowest BCUT2D eigenvalue weighted by molar-refractivity contribution is -0.159. The van der Waals surface area contributed by atoms with Crippen LogP contribution in [0.3, 0.4) is 0 Å². The smallest absolute Gasteiger partial charge is 0.329 e. The maximum absolute atomic E-state index is 14.3. The fourth-order valence-corrected chi connectivity index (χ4v) is 2.24. The molecule has 2 aromatic heterocycles. The van der Waals surface area contributed by atoms with Gasteiger partial charge in [-0.05, 0) is 12.1 Å². The van der Waals surface area contributed by atoms with Crippen molar-refractivity contribution < 1.29 is 26.5 Å². The first-order valence-corrected chi connectivity index (χ1v) is 7.19. The van der Waals surface area contributed by atoms with Crippen LogP contribution in [0.5, 0.6) is 0 Å². The second-order valence-corrected chi connectivity index (χ2v) is 5.32. The van der Waals surface area contributed by atoms with Crippen molar-refractivity contribution in [1.82, 2.24) is 14.7 Å². The van der Waals surface area contributed by atoms with Crippen molar-refractivity contribution in [2.45, 2.75) is 12.7 Å². The van der Waals surface area contributed by atoms with Crippen molar-refractivity contribution in [1.29, 1.82) is 5.26 Å². The van der Waals surface area contributed by atoms with E-state index in [1.165, 1.54) is 12.3 Å². The third kappa shape index (κ3) is 3.55. The van der Waals surface area contributed by atoms with E-state index in [2.05, 4.69) is 14.7 Å². The Morgan fingerprint density at radius 1 is 1.15 bits per heavy atom. The summed E-state index contributed by atoms with van der Waals surface area (Å²) in [6.07, 6.45) is -3.75. The normalized spacial score (nSPS) is 11.4. The van der Waals surface area contributed by atoms with Gasteiger partial charge in [0.2, 0.25) is 5.82 Å². The van der Waals surface area contributed by atoms with Crippen LogP contribution in [0.4, 0.5) is 22.0 Å². The van der Waals surface area contributed by atoms with Gasteiger partial charge in [0, 0.05) is 17.8 Å². The van der Waals surface area contributed by atoms with Crippen LogP contribution in [-0.4, -0.2) is 14.7 Å². The number of nitriles is 1. The Morgan fingerprint density at radius 2 is 1.89 bits per heavy atom. The summed E-state index contributed by atoms with van der Waals surface area (Å²) < 4.78 is 71.0. The summed E-state index contributed by atoms with van der Waals surface area (Å²) in [6, 6.07) is 6.22. The van der Waals surface area contributed by atoms with E-state index in [1.807, 2.05) is 0 Å². The molecule has 6 nitrogen and oxygen atoms in total. The molecule has 0 saturated carbocycles. The highest BCUT2D eigenvalue weighted by molar-refractivity contribution is 5.56. The van der Waals surface area contributed by atoms with Gasteiger partial charge in [-0.25, -0.2) is 8.78 Å². The number of pyridine rings is 1. The molecule has 3 rings (SSSR count). The fourth-order valence-electron chi connectivity index (χ4n) is 2.24. The summed E-state index contributed by atoms with van der Waals surface area (Å²) in [6.45, 7) is -0.391. The Kier molecular flexibility index (Phi) is 4.49. The molecule has 138 valence electrons. The summed E-state index contributed by atoms with van der Waals surface area (Å²) >= 11 is 0. The van der Waals surface area contributed by atoms with Crippen molar-refractivity contribution in [3.8, 4) is 17.5 Å². The van der Waals surface area contributed by atoms with E-state index >= 15 is 0 Å². The monoisotopic (exact) mass is 382 g/mol. The van der Waals surface area contributed by atoms with Crippen LogP contribution in [0.1, 0.15) is 17.0 Å². The first-order chi connectivity index (χ1) is 12.7. The minimum Gasteiger partial charge on any atom is -0.329 e. The summed E-state index contributed by atoms with van der Waals surface area (Å²) in [5.74, 6) is -5.35. The second kappa shape index (κ2) is 6.64. The Hall–Kier alpha value is -3.55. The molecule has 0 saturated heterocycles. The zero-order valence-electron chi connectivity index (χ0n) is 13.1. The Bertz CT molecular complexity index is 1110. The lowest BCUT2D eigenvalue weighted by Gasteiger charge is -2.09. The van der Waals surface area contributed by atoms with Crippen molar-refractivity contribution in [2.75, 3.05) is 0 Å². The van der Waals surface area contributed by atoms with E-state index in [9.17, 15) is 26.7 Å². The fraction of sp³-hybridized carbons (Fsp3) is 0.125. The average molecular weight is 382 g/mol. The number of rotatable bonds is 3. The molecule has 3 aromatic rings. The number of nitrogens with zero attached hydrogens (tertiary/aromatic N) is 4. The van der Waals surface area contributed by atoms with Gasteiger partial charge >= 0.3 is 12.1 Å². The molecule has 0 spiro atoms. The van der Waals surface area contributed by atoms with Crippen molar-refractivity contribution in [3.05, 3.63) is 69.5 Å². The number of halogens is 5. The van der Waals surface area contributed by atoms with Gasteiger partial charge in [0.05, 0.1) is 17.7 Å². The van der Waals surface area contributed by atoms with Gasteiger partial charge in [-0.3, -0.25) is 4.79 Å². The van der Waals surface area contributed by atoms with E-state index in [0.29, 0.717) is 0 Å². The Balaban J connectivity index is 1.98. The molecule has 0 amide bonds.